The first kappa shape index (κ1) is 27.8. The second kappa shape index (κ2) is 12.5. The number of carbonyl (C=O) groups is 1. The number of allylic oxidation sites excluding steroid dienone is 1. The fraction of sp³-hybridized carbons (Fsp3) is 0.233. The molecule has 39 heavy (non-hydrogen) atoms. The van der Waals surface area contributed by atoms with Crippen molar-refractivity contribution in [2.24, 2.45) is 10.7 Å². The molecule has 4 aromatic rings. The highest BCUT2D eigenvalue weighted by atomic mass is 19.4. The number of nitrogens with two attached hydrogens (primary N) is 1. The Morgan fingerprint density at radius 3 is 2.38 bits per heavy atom. The topological polar surface area (TPSA) is 76.0 Å². The van der Waals surface area contributed by atoms with E-state index in [1.807, 2.05) is 42.6 Å². The van der Waals surface area contributed by atoms with E-state index in [0.29, 0.717) is 23.6 Å². The fourth-order valence-electron chi connectivity index (χ4n) is 4.49. The van der Waals surface area contributed by atoms with Crippen LogP contribution < -0.4 is 5.73 Å². The van der Waals surface area contributed by atoms with Crippen LogP contribution in [0.1, 0.15) is 34.5 Å². The van der Waals surface area contributed by atoms with Crippen LogP contribution in [-0.2, 0) is 6.18 Å². The molecule has 5 rings (SSSR count). The highest BCUT2D eigenvalue weighted by Gasteiger charge is 2.31. The van der Waals surface area contributed by atoms with Crippen molar-refractivity contribution in [1.29, 1.82) is 0 Å². The number of rotatable bonds is 6. The second-order valence-corrected chi connectivity index (χ2v) is 9.23. The molecular formula is C30H30F3N5O. The van der Waals surface area contributed by atoms with Crippen LogP contribution in [0.3, 0.4) is 0 Å². The Labute approximate surface area is 225 Å². The van der Waals surface area contributed by atoms with Crippen LogP contribution in [0, 0.1) is 0 Å². The first-order valence-corrected chi connectivity index (χ1v) is 12.6. The number of aliphatic imine (C=N–C) groups is 1. The van der Waals surface area contributed by atoms with E-state index in [1.54, 1.807) is 30.5 Å². The maximum atomic E-state index is 12.7. The molecule has 2 aromatic heterocycles. The Bertz CT molecular complexity index is 1450. The minimum Gasteiger partial charge on any atom is -0.404 e. The average Bonchev–Trinajstić information content (AvgIpc) is 3.54. The first-order valence-electron chi connectivity index (χ1n) is 12.6. The Balaban J connectivity index is 0.000000183. The van der Waals surface area contributed by atoms with Crippen LogP contribution >= 0.6 is 0 Å². The zero-order chi connectivity index (χ0) is 27.8. The normalized spacial score (nSPS) is 16.4. The average molecular weight is 534 g/mol. The van der Waals surface area contributed by atoms with Crippen LogP contribution in [0.2, 0.25) is 0 Å². The van der Waals surface area contributed by atoms with Crippen LogP contribution in [-0.4, -0.2) is 53.0 Å². The molecule has 0 radical (unpaired) electrons. The Morgan fingerprint density at radius 2 is 1.79 bits per heavy atom. The molecular weight excluding hydrogens is 503 g/mol. The molecule has 0 saturated carbocycles. The maximum absolute atomic E-state index is 12.7. The molecule has 1 aliphatic rings. The molecule has 0 aliphatic carbocycles. The molecule has 202 valence electrons. The molecule has 0 amide bonds. The lowest BCUT2D eigenvalue weighted by Crippen LogP contribution is -2.27. The zero-order valence-corrected chi connectivity index (χ0v) is 21.6. The molecule has 1 fully saturated rings. The lowest BCUT2D eigenvalue weighted by molar-refractivity contribution is -0.137. The Kier molecular flexibility index (Phi) is 8.93. The van der Waals surface area contributed by atoms with E-state index in [9.17, 15) is 18.0 Å². The van der Waals surface area contributed by atoms with E-state index in [1.165, 1.54) is 30.0 Å². The quantitative estimate of drug-likeness (QED) is 0.244. The number of likely N-dealkylation sites (tertiary alicyclic amines) is 1. The van der Waals surface area contributed by atoms with E-state index in [4.69, 9.17) is 5.73 Å². The van der Waals surface area contributed by atoms with Gasteiger partial charge in [0.2, 0.25) is 0 Å². The number of pyridine rings is 1. The van der Waals surface area contributed by atoms with Crippen molar-refractivity contribution in [3.63, 3.8) is 0 Å². The smallest absolute Gasteiger partial charge is 0.404 e. The van der Waals surface area contributed by atoms with Gasteiger partial charge in [-0.25, -0.2) is 4.98 Å². The Hall–Kier alpha value is -4.24. The minimum atomic E-state index is -4.44. The van der Waals surface area contributed by atoms with Gasteiger partial charge in [0.1, 0.15) is 17.0 Å². The number of aldehydes is 1. The van der Waals surface area contributed by atoms with Crippen molar-refractivity contribution >= 4 is 23.7 Å². The van der Waals surface area contributed by atoms with E-state index in [2.05, 4.69) is 21.9 Å². The molecule has 0 spiro atoms. The summed E-state index contributed by atoms with van der Waals surface area (Å²) in [5.74, 6) is 0. The third kappa shape index (κ3) is 6.80. The van der Waals surface area contributed by atoms with Gasteiger partial charge in [-0.2, -0.15) is 13.2 Å². The summed E-state index contributed by atoms with van der Waals surface area (Å²) in [6, 6.07) is 21.4. The SMILES string of the molecule is CN1CCC[C@H]1CN=C/C(=C\N)c1ccccc1.O=Cc1c(-c2ccccc2)nc2cc(C(F)(F)F)ccn12. The van der Waals surface area contributed by atoms with Crippen molar-refractivity contribution in [2.45, 2.75) is 25.1 Å². The molecule has 9 heteroatoms. The molecule has 0 unspecified atom stereocenters. The number of hydrogen-bond acceptors (Lipinski definition) is 5. The lowest BCUT2D eigenvalue weighted by atomic mass is 10.1. The summed E-state index contributed by atoms with van der Waals surface area (Å²) in [5, 5.41) is 0. The number of carbonyl (C=O) groups excluding carboxylic acids is 1. The summed E-state index contributed by atoms with van der Waals surface area (Å²) in [4.78, 5) is 22.4. The van der Waals surface area contributed by atoms with Gasteiger partial charge in [-0.15, -0.1) is 0 Å². The predicted molar refractivity (Wildman–Crippen MR) is 149 cm³/mol. The Morgan fingerprint density at radius 1 is 1.10 bits per heavy atom. The van der Waals surface area contributed by atoms with Gasteiger partial charge in [-0.3, -0.25) is 14.2 Å². The second-order valence-electron chi connectivity index (χ2n) is 9.23. The highest BCUT2D eigenvalue weighted by Crippen LogP contribution is 2.31. The molecule has 6 nitrogen and oxygen atoms in total. The third-order valence-corrected chi connectivity index (χ3v) is 6.65. The standard InChI is InChI=1S/C15H9F3N2O.C15H21N3/c16-15(17,18)11-6-7-20-12(9-21)14(19-13(20)8-11)10-4-2-1-3-5-10;1-18-9-5-8-15(18)12-17-11-14(10-16)13-6-3-2-4-7-13/h1-9H;2-4,6-7,10-11,15H,5,8-9,12,16H2,1H3/b;14-10+,17-11?/t;15-/m.0/s1. The molecule has 0 bridgehead atoms. The largest absolute Gasteiger partial charge is 0.416 e. The summed E-state index contributed by atoms with van der Waals surface area (Å²) < 4.78 is 39.5. The summed E-state index contributed by atoms with van der Waals surface area (Å²) in [5.41, 5.74) is 8.32. The van der Waals surface area contributed by atoms with Crippen molar-refractivity contribution < 1.29 is 18.0 Å². The lowest BCUT2D eigenvalue weighted by Gasteiger charge is -2.16. The van der Waals surface area contributed by atoms with Gasteiger partial charge in [-0.05, 0) is 44.1 Å². The van der Waals surface area contributed by atoms with E-state index >= 15 is 0 Å². The molecule has 2 aromatic carbocycles. The van der Waals surface area contributed by atoms with Crippen molar-refractivity contribution in [2.75, 3.05) is 20.1 Å². The van der Waals surface area contributed by atoms with Crippen LogP contribution in [0.25, 0.3) is 22.5 Å². The minimum absolute atomic E-state index is 0.0887. The first-order chi connectivity index (χ1) is 18.8. The van der Waals surface area contributed by atoms with Gasteiger partial charge >= 0.3 is 6.18 Å². The number of likely N-dealkylation sites (N-methyl/N-ethyl adjacent to an activating group) is 1. The van der Waals surface area contributed by atoms with Crippen molar-refractivity contribution in [1.82, 2.24) is 14.3 Å². The van der Waals surface area contributed by atoms with Crippen LogP contribution in [0.5, 0.6) is 0 Å². The van der Waals surface area contributed by atoms with E-state index in [-0.39, 0.29) is 11.3 Å². The zero-order valence-electron chi connectivity index (χ0n) is 21.6. The van der Waals surface area contributed by atoms with Gasteiger partial charge in [0.25, 0.3) is 0 Å². The number of halogens is 3. The summed E-state index contributed by atoms with van der Waals surface area (Å²) >= 11 is 0. The summed E-state index contributed by atoms with van der Waals surface area (Å²) in [6.45, 7) is 2.05. The predicted octanol–water partition coefficient (Wildman–Crippen LogP) is 5.98. The van der Waals surface area contributed by atoms with Gasteiger partial charge in [0.15, 0.2) is 6.29 Å². The van der Waals surface area contributed by atoms with Crippen molar-refractivity contribution in [3.8, 4) is 11.3 Å². The number of aromatic nitrogens is 2. The van der Waals surface area contributed by atoms with Gasteiger partial charge in [-0.1, -0.05) is 60.7 Å². The van der Waals surface area contributed by atoms with Crippen LogP contribution in [0.15, 0.2) is 90.2 Å². The van der Waals surface area contributed by atoms with Crippen molar-refractivity contribution in [3.05, 3.63) is 102 Å². The molecule has 1 atom stereocenters. The van der Waals surface area contributed by atoms with Crippen LogP contribution in [0.4, 0.5) is 13.2 Å². The number of benzene rings is 2. The molecule has 2 N–H and O–H groups in total. The van der Waals surface area contributed by atoms with E-state index in [0.717, 1.165) is 29.8 Å². The number of nitrogens with zero attached hydrogens (tertiary/aromatic N) is 4. The highest BCUT2D eigenvalue weighted by molar-refractivity contribution is 6.09. The number of alkyl halides is 3. The molecule has 3 heterocycles. The van der Waals surface area contributed by atoms with Gasteiger partial charge in [0.05, 0.1) is 12.1 Å². The van der Waals surface area contributed by atoms with Gasteiger partial charge in [0, 0.05) is 35.8 Å². The third-order valence-electron chi connectivity index (χ3n) is 6.65. The number of hydrogen-bond donors (Lipinski definition) is 1. The summed E-state index contributed by atoms with van der Waals surface area (Å²) in [6.07, 6.45) is 3.41. The maximum Gasteiger partial charge on any atom is 0.416 e. The van der Waals surface area contributed by atoms with Gasteiger partial charge < -0.3 is 10.6 Å². The number of fused-ring (bicyclic) bond motifs is 1. The fourth-order valence-corrected chi connectivity index (χ4v) is 4.49. The molecule has 1 saturated heterocycles. The monoisotopic (exact) mass is 533 g/mol. The molecule has 1 aliphatic heterocycles. The number of imidazole rings is 1. The van der Waals surface area contributed by atoms with E-state index < -0.39 is 11.7 Å². The summed E-state index contributed by atoms with van der Waals surface area (Å²) in [7, 11) is 2.17.